The molecule has 0 aliphatic heterocycles. The van der Waals surface area contributed by atoms with Gasteiger partial charge in [-0.3, -0.25) is 0 Å². The predicted molar refractivity (Wildman–Crippen MR) is 73.1 cm³/mol. The van der Waals surface area contributed by atoms with Gasteiger partial charge in [0.15, 0.2) is 0 Å². The van der Waals surface area contributed by atoms with Crippen molar-refractivity contribution in [3.63, 3.8) is 0 Å². The molecule has 0 fully saturated rings. The van der Waals surface area contributed by atoms with Crippen LogP contribution in [0.1, 0.15) is 11.1 Å². The van der Waals surface area contributed by atoms with Gasteiger partial charge in [0.25, 0.3) is 0 Å². The first-order valence-electron chi connectivity index (χ1n) is 5.28. The van der Waals surface area contributed by atoms with Gasteiger partial charge in [-0.15, -0.1) is 0 Å². The third-order valence-electron chi connectivity index (χ3n) is 2.61. The van der Waals surface area contributed by atoms with Crippen LogP contribution in [0, 0.1) is 0 Å². The molecule has 20 heavy (non-hydrogen) atoms. The lowest BCUT2D eigenvalue weighted by Crippen LogP contribution is -2.08. The number of anilines is 1. The molecule has 2 aromatic rings. The highest BCUT2D eigenvalue weighted by Gasteiger charge is 2.32. The summed E-state index contributed by atoms with van der Waals surface area (Å²) in [6, 6.07) is 1.55. The summed E-state index contributed by atoms with van der Waals surface area (Å²) in [5, 5.41) is 3.54. The smallest absolute Gasteiger partial charge is 0.383 e. The van der Waals surface area contributed by atoms with Crippen molar-refractivity contribution in [3.05, 3.63) is 46.1 Å². The third-order valence-corrected chi connectivity index (χ3v) is 3.19. The fraction of sp³-hybridized carbons (Fsp3) is 0.0833. The van der Waals surface area contributed by atoms with Gasteiger partial charge in [-0.05, 0) is 12.1 Å². The molecule has 0 bridgehead atoms. The lowest BCUT2D eigenvalue weighted by Gasteiger charge is -2.13. The van der Waals surface area contributed by atoms with E-state index in [9.17, 15) is 13.2 Å². The minimum Gasteiger partial charge on any atom is -0.383 e. The zero-order valence-electron chi connectivity index (χ0n) is 9.88. The van der Waals surface area contributed by atoms with Crippen LogP contribution in [0.5, 0.6) is 0 Å². The normalized spacial score (nSPS) is 11.7. The highest BCUT2D eigenvalue weighted by molar-refractivity contribution is 6.38. The van der Waals surface area contributed by atoms with Gasteiger partial charge in [0, 0.05) is 5.56 Å². The Labute approximate surface area is 122 Å². The van der Waals surface area contributed by atoms with Gasteiger partial charge in [0.05, 0.1) is 21.8 Å². The van der Waals surface area contributed by atoms with Crippen LogP contribution in [-0.2, 0) is 6.18 Å². The third kappa shape index (κ3) is 2.48. The minimum absolute atomic E-state index is 0.0898. The van der Waals surface area contributed by atoms with E-state index in [0.29, 0.717) is 5.56 Å². The van der Waals surface area contributed by atoms with E-state index in [1.54, 1.807) is 0 Å². The van der Waals surface area contributed by atoms with Gasteiger partial charge in [-0.1, -0.05) is 35.9 Å². The summed E-state index contributed by atoms with van der Waals surface area (Å²) < 4.78 is 39.1. The van der Waals surface area contributed by atoms with Crippen molar-refractivity contribution in [2.75, 3.05) is 5.73 Å². The summed E-state index contributed by atoms with van der Waals surface area (Å²) in [6.07, 6.45) is -1.66. The first-order valence-corrected chi connectivity index (χ1v) is 6.04. The molecule has 0 amide bonds. The van der Waals surface area contributed by atoms with Crippen LogP contribution in [0.3, 0.4) is 0 Å². The van der Waals surface area contributed by atoms with Crippen LogP contribution < -0.4 is 5.73 Å². The quantitative estimate of drug-likeness (QED) is 0.889. The number of nitrogens with zero attached hydrogens (tertiary/aromatic N) is 2. The molecule has 0 aliphatic carbocycles. The lowest BCUT2D eigenvalue weighted by atomic mass is 10.2. The molecule has 106 valence electrons. The summed E-state index contributed by atoms with van der Waals surface area (Å²) in [5.41, 5.74) is 5.47. The minimum atomic E-state index is -4.53. The number of hydrogen-bond donors (Lipinski definition) is 1. The van der Waals surface area contributed by atoms with Crippen molar-refractivity contribution in [3.8, 4) is 5.69 Å². The van der Waals surface area contributed by atoms with E-state index < -0.39 is 11.7 Å². The maximum Gasteiger partial charge on any atom is 0.416 e. The Bertz CT molecular complexity index is 654. The Morgan fingerprint density at radius 3 is 2.20 bits per heavy atom. The largest absolute Gasteiger partial charge is 0.416 e. The first kappa shape index (κ1) is 14.7. The van der Waals surface area contributed by atoms with Gasteiger partial charge < -0.3 is 5.73 Å². The maximum atomic E-state index is 12.6. The standard InChI is InChI=1S/C12H8Cl2F3N3/c1-2-6-5-19-20(11(6)18)10-8(13)3-7(4-9(10)14)12(15,16)17/h2-5H,1,18H2. The lowest BCUT2D eigenvalue weighted by molar-refractivity contribution is -0.137. The number of nitrogens with two attached hydrogens (primary N) is 1. The van der Waals surface area contributed by atoms with E-state index in [2.05, 4.69) is 11.7 Å². The van der Waals surface area contributed by atoms with Crippen molar-refractivity contribution >= 4 is 35.1 Å². The van der Waals surface area contributed by atoms with Crippen LogP contribution in [-0.4, -0.2) is 9.78 Å². The van der Waals surface area contributed by atoms with E-state index >= 15 is 0 Å². The number of rotatable bonds is 2. The number of hydrogen-bond acceptors (Lipinski definition) is 2. The molecule has 0 atom stereocenters. The molecule has 0 saturated carbocycles. The van der Waals surface area contributed by atoms with E-state index in [1.165, 1.54) is 17.0 Å². The van der Waals surface area contributed by atoms with E-state index in [4.69, 9.17) is 28.9 Å². The van der Waals surface area contributed by atoms with Crippen molar-refractivity contribution < 1.29 is 13.2 Å². The number of alkyl halides is 3. The molecule has 1 heterocycles. The Morgan fingerprint density at radius 1 is 1.25 bits per heavy atom. The summed E-state index contributed by atoms with van der Waals surface area (Å²) >= 11 is 11.7. The highest BCUT2D eigenvalue weighted by Crippen LogP contribution is 2.38. The van der Waals surface area contributed by atoms with Gasteiger partial charge in [-0.25, -0.2) is 4.68 Å². The van der Waals surface area contributed by atoms with E-state index in [0.717, 1.165) is 12.1 Å². The molecule has 0 saturated heterocycles. The summed E-state index contributed by atoms with van der Waals surface area (Å²) in [6.45, 7) is 3.54. The molecule has 2 N–H and O–H groups in total. The summed E-state index contributed by atoms with van der Waals surface area (Å²) in [4.78, 5) is 0. The van der Waals surface area contributed by atoms with Crippen molar-refractivity contribution in [1.82, 2.24) is 9.78 Å². The van der Waals surface area contributed by atoms with Crippen LogP contribution >= 0.6 is 23.2 Å². The first-order chi connectivity index (χ1) is 9.25. The van der Waals surface area contributed by atoms with Crippen molar-refractivity contribution in [2.24, 2.45) is 0 Å². The molecule has 3 nitrogen and oxygen atoms in total. The van der Waals surface area contributed by atoms with Crippen LogP contribution in [0.4, 0.5) is 19.0 Å². The second-order valence-corrected chi connectivity index (χ2v) is 4.70. The van der Waals surface area contributed by atoms with Crippen molar-refractivity contribution in [1.29, 1.82) is 0 Å². The number of halogens is 5. The Balaban J connectivity index is 2.64. The van der Waals surface area contributed by atoms with Gasteiger partial charge in [0.1, 0.15) is 11.5 Å². The zero-order chi connectivity index (χ0) is 15.1. The zero-order valence-corrected chi connectivity index (χ0v) is 11.4. The average Bonchev–Trinajstić information content (AvgIpc) is 2.69. The Morgan fingerprint density at radius 2 is 1.80 bits per heavy atom. The molecule has 8 heteroatoms. The second kappa shape index (κ2) is 5.03. The molecular weight excluding hydrogens is 314 g/mol. The van der Waals surface area contributed by atoms with Crippen LogP contribution in [0.25, 0.3) is 11.8 Å². The molecule has 0 aliphatic rings. The number of nitrogen functional groups attached to an aromatic ring is 1. The Kier molecular flexibility index (Phi) is 3.71. The number of benzene rings is 1. The van der Waals surface area contributed by atoms with E-state index in [-0.39, 0.29) is 21.6 Å². The van der Waals surface area contributed by atoms with Gasteiger partial charge in [0.2, 0.25) is 0 Å². The van der Waals surface area contributed by atoms with Crippen molar-refractivity contribution in [2.45, 2.75) is 6.18 Å². The average molecular weight is 322 g/mol. The van der Waals surface area contributed by atoms with E-state index in [1.807, 2.05) is 0 Å². The molecule has 1 aromatic heterocycles. The molecule has 0 spiro atoms. The monoisotopic (exact) mass is 321 g/mol. The van der Waals surface area contributed by atoms with Gasteiger partial charge >= 0.3 is 6.18 Å². The molecule has 2 rings (SSSR count). The Hall–Kier alpha value is -1.66. The molecular formula is C12H8Cl2F3N3. The molecule has 0 unspecified atom stereocenters. The summed E-state index contributed by atoms with van der Waals surface area (Å²) in [7, 11) is 0. The van der Waals surface area contributed by atoms with Crippen LogP contribution in [0.2, 0.25) is 10.0 Å². The molecule has 0 radical (unpaired) electrons. The SMILES string of the molecule is C=Cc1cnn(-c2c(Cl)cc(C(F)(F)F)cc2Cl)c1N. The second-order valence-electron chi connectivity index (χ2n) is 3.89. The maximum absolute atomic E-state index is 12.6. The highest BCUT2D eigenvalue weighted by atomic mass is 35.5. The number of aromatic nitrogens is 2. The fourth-order valence-corrected chi connectivity index (χ4v) is 2.28. The topological polar surface area (TPSA) is 43.8 Å². The predicted octanol–water partition coefficient (Wildman–Crippen LogP) is 4.42. The summed E-state index contributed by atoms with van der Waals surface area (Å²) in [5.74, 6) is 0.184. The fourth-order valence-electron chi connectivity index (χ4n) is 1.64. The van der Waals surface area contributed by atoms with Crippen LogP contribution in [0.15, 0.2) is 24.9 Å². The van der Waals surface area contributed by atoms with Gasteiger partial charge in [-0.2, -0.15) is 18.3 Å². The molecule has 1 aromatic carbocycles.